The fraction of sp³-hybridized carbons (Fsp3) is 0.559. The number of esters is 2. The summed E-state index contributed by atoms with van der Waals surface area (Å²) in [6.07, 6.45) is 13.6. The number of nitrogens with zero attached hydrogens (tertiary/aromatic N) is 7. The molecule has 0 aromatic carbocycles. The van der Waals surface area contributed by atoms with E-state index in [2.05, 4.69) is 69.2 Å². The van der Waals surface area contributed by atoms with E-state index in [0.29, 0.717) is 29.1 Å². The number of hydrogen-bond acceptors (Lipinski definition) is 14. The molecule has 2 aliphatic rings. The summed E-state index contributed by atoms with van der Waals surface area (Å²) < 4.78 is 9.38. The van der Waals surface area contributed by atoms with Crippen LogP contribution >= 0.6 is 39.5 Å². The molecule has 50 heavy (non-hydrogen) atoms. The summed E-state index contributed by atoms with van der Waals surface area (Å²) in [7, 11) is 0. The van der Waals surface area contributed by atoms with Crippen molar-refractivity contribution in [2.24, 2.45) is 11.7 Å². The highest BCUT2D eigenvalue weighted by atomic mass is 79.9. The second-order valence-electron chi connectivity index (χ2n) is 11.5. The molecule has 3 aromatic heterocycles. The maximum absolute atomic E-state index is 11.7. The summed E-state index contributed by atoms with van der Waals surface area (Å²) in [4.78, 5) is 59.7. The largest absolute Gasteiger partial charge is 0.461 e. The van der Waals surface area contributed by atoms with E-state index in [9.17, 15) is 14.4 Å². The van der Waals surface area contributed by atoms with Gasteiger partial charge in [-0.25, -0.2) is 34.5 Å². The summed E-state index contributed by atoms with van der Waals surface area (Å²) in [5.74, 6) is 0.758. The monoisotopic (exact) mass is 790 g/mol. The number of piperidine rings is 2. The van der Waals surface area contributed by atoms with Crippen molar-refractivity contribution in [2.75, 3.05) is 54.5 Å². The van der Waals surface area contributed by atoms with Crippen molar-refractivity contribution in [1.29, 1.82) is 0 Å². The first-order valence-electron chi connectivity index (χ1n) is 16.9. The van der Waals surface area contributed by atoms with E-state index in [0.717, 1.165) is 87.2 Å². The predicted molar refractivity (Wildman–Crippen MR) is 202 cm³/mol. The van der Waals surface area contributed by atoms with E-state index in [4.69, 9.17) is 22.7 Å². The third-order valence-electron chi connectivity index (χ3n) is 8.14. The van der Waals surface area contributed by atoms with Crippen molar-refractivity contribution in [2.45, 2.75) is 72.1 Å². The Kier molecular flexibility index (Phi) is 17.6. The van der Waals surface area contributed by atoms with Crippen LogP contribution in [-0.4, -0.2) is 92.4 Å². The van der Waals surface area contributed by atoms with Crippen LogP contribution in [0.5, 0.6) is 0 Å². The van der Waals surface area contributed by atoms with Gasteiger partial charge in [0.05, 0.1) is 28.5 Å². The number of Topliss-reactive ketones (excluding diaryl/α,β-unsaturated/α-hetero) is 1. The van der Waals surface area contributed by atoms with Crippen molar-refractivity contribution in [3.63, 3.8) is 0 Å². The van der Waals surface area contributed by atoms with Gasteiger partial charge in [-0.2, -0.15) is 0 Å². The number of aromatic nitrogens is 5. The van der Waals surface area contributed by atoms with Crippen LogP contribution in [0.4, 0.5) is 11.9 Å². The Morgan fingerprint density at radius 3 is 1.74 bits per heavy atom. The van der Waals surface area contributed by atoms with Gasteiger partial charge in [-0.05, 0) is 63.5 Å². The number of thiazole rings is 1. The molecule has 2 fully saturated rings. The molecule has 16 heteroatoms. The maximum atomic E-state index is 11.7. The second-order valence-corrected chi connectivity index (χ2v) is 13.4. The number of rotatable bonds is 11. The van der Waals surface area contributed by atoms with Gasteiger partial charge in [-0.15, -0.1) is 11.3 Å². The molecule has 2 N–H and O–H groups in total. The number of carbonyl (C=O) groups excluding carboxylic acids is 3. The number of ketones is 1. The number of anilines is 2. The van der Waals surface area contributed by atoms with Gasteiger partial charge in [0, 0.05) is 68.2 Å². The molecular formula is C34H47BrN8O5S2. The predicted octanol–water partition coefficient (Wildman–Crippen LogP) is 5.11. The van der Waals surface area contributed by atoms with Gasteiger partial charge in [-0.1, -0.05) is 42.0 Å². The smallest absolute Gasteiger partial charge is 0.375 e. The lowest BCUT2D eigenvalue weighted by Gasteiger charge is -2.31. The summed E-state index contributed by atoms with van der Waals surface area (Å²) >= 11 is 9.42. The van der Waals surface area contributed by atoms with Crippen LogP contribution in [-0.2, 0) is 31.9 Å². The fourth-order valence-electron chi connectivity index (χ4n) is 5.12. The Labute approximate surface area is 311 Å². The standard InChI is InChI=1S/C17H22N4O2S.C12H18N4S.C5H7BrO3/c1-3-12-9-18-17(19-10-12)21-7-5-13(6-8-21)15-20-14(11-24-15)16(22)23-4-2;1-2-9-7-14-12(15-8-9)16-5-3-10(4-6-16)11(13)17;1-2-9-5(8)4(7)3-6/h9-11,13H,3-8H2,1-2H3;7-8,10H,2-6H2,1H3,(H2,13,17);2-3H2,1H3. The molecule has 0 amide bonds. The fourth-order valence-corrected chi connectivity index (χ4v) is 6.54. The van der Waals surface area contributed by atoms with E-state index in [1.165, 1.54) is 5.56 Å². The minimum Gasteiger partial charge on any atom is -0.461 e. The van der Waals surface area contributed by atoms with E-state index in [-0.39, 0.29) is 17.9 Å². The maximum Gasteiger partial charge on any atom is 0.375 e. The molecule has 2 aliphatic heterocycles. The third kappa shape index (κ3) is 12.6. The van der Waals surface area contributed by atoms with E-state index < -0.39 is 11.8 Å². The van der Waals surface area contributed by atoms with Crippen LogP contribution in [0.1, 0.15) is 85.9 Å². The number of ether oxygens (including phenoxy) is 2. The van der Waals surface area contributed by atoms with Crippen molar-refractivity contribution in [3.8, 4) is 0 Å². The number of thiocarbonyl (C=S) groups is 1. The first-order chi connectivity index (χ1) is 24.1. The highest BCUT2D eigenvalue weighted by molar-refractivity contribution is 9.09. The van der Waals surface area contributed by atoms with E-state index in [1.54, 1.807) is 30.6 Å². The number of halogens is 1. The van der Waals surface area contributed by atoms with Crippen LogP contribution in [0.15, 0.2) is 30.2 Å². The molecule has 0 radical (unpaired) electrons. The Hall–Kier alpha value is -3.63. The molecule has 13 nitrogen and oxygen atoms in total. The molecule has 0 atom stereocenters. The Bertz CT molecular complexity index is 1510. The molecule has 2 saturated heterocycles. The lowest BCUT2D eigenvalue weighted by molar-refractivity contribution is -0.152. The quantitative estimate of drug-likeness (QED) is 0.118. The Morgan fingerprint density at radius 1 is 0.840 bits per heavy atom. The molecule has 0 spiro atoms. The van der Waals surface area contributed by atoms with E-state index in [1.807, 2.05) is 24.8 Å². The third-order valence-corrected chi connectivity index (χ3v) is 9.99. The molecule has 0 unspecified atom stereocenters. The van der Waals surface area contributed by atoms with Crippen molar-refractivity contribution in [1.82, 2.24) is 24.9 Å². The molecule has 5 heterocycles. The first-order valence-corrected chi connectivity index (χ1v) is 19.3. The average molecular weight is 792 g/mol. The van der Waals surface area contributed by atoms with Gasteiger partial charge in [0.1, 0.15) is 0 Å². The van der Waals surface area contributed by atoms with Gasteiger partial charge in [0.2, 0.25) is 17.7 Å². The molecular weight excluding hydrogens is 744 g/mol. The molecule has 5 rings (SSSR count). The number of alkyl halides is 1. The van der Waals surface area contributed by atoms with Gasteiger partial charge in [-0.3, -0.25) is 4.79 Å². The number of carbonyl (C=O) groups is 3. The average Bonchev–Trinajstić information content (AvgIpc) is 3.66. The minimum atomic E-state index is -0.769. The minimum absolute atomic E-state index is 0.0336. The van der Waals surface area contributed by atoms with Gasteiger partial charge in [0.15, 0.2) is 5.69 Å². The topological polar surface area (TPSA) is 167 Å². The molecule has 3 aromatic rings. The number of aryl methyl sites for hydroxylation is 2. The highest BCUT2D eigenvalue weighted by Crippen LogP contribution is 2.31. The van der Waals surface area contributed by atoms with Crippen molar-refractivity contribution < 1.29 is 23.9 Å². The number of hydrogen-bond donors (Lipinski definition) is 1. The summed E-state index contributed by atoms with van der Waals surface area (Å²) in [5.41, 5.74) is 8.43. The normalized spacial score (nSPS) is 14.8. The molecule has 0 aliphatic carbocycles. The molecule has 0 saturated carbocycles. The summed E-state index contributed by atoms with van der Waals surface area (Å²) in [5, 5.41) is 2.86. The SMILES string of the molecule is CCOC(=O)C(=O)CBr.CCOC(=O)c1csc(C2CCN(c3ncc(CC)cn3)CC2)n1.CCc1cnc(N2CCC(C(N)=S)CC2)nc1. The highest BCUT2D eigenvalue weighted by Gasteiger charge is 2.26. The lowest BCUT2D eigenvalue weighted by atomic mass is 9.97. The molecule has 272 valence electrons. The lowest BCUT2D eigenvalue weighted by Crippen LogP contribution is -2.38. The van der Waals surface area contributed by atoms with E-state index >= 15 is 0 Å². The van der Waals surface area contributed by atoms with Gasteiger partial charge in [0.25, 0.3) is 0 Å². The zero-order valence-corrected chi connectivity index (χ0v) is 32.4. The summed E-state index contributed by atoms with van der Waals surface area (Å²) in [6, 6.07) is 0. The van der Waals surface area contributed by atoms with Crippen LogP contribution in [0.2, 0.25) is 0 Å². The molecule has 0 bridgehead atoms. The number of nitrogens with two attached hydrogens (primary N) is 1. The van der Waals surface area contributed by atoms with Crippen LogP contribution in [0.3, 0.4) is 0 Å². The van der Waals surface area contributed by atoms with Crippen molar-refractivity contribution in [3.05, 3.63) is 52.0 Å². The van der Waals surface area contributed by atoms with Crippen LogP contribution < -0.4 is 15.5 Å². The van der Waals surface area contributed by atoms with Gasteiger partial charge >= 0.3 is 11.9 Å². The van der Waals surface area contributed by atoms with Crippen LogP contribution in [0, 0.1) is 5.92 Å². The van der Waals surface area contributed by atoms with Gasteiger partial charge < -0.3 is 25.0 Å². The zero-order chi connectivity index (χ0) is 36.5. The summed E-state index contributed by atoms with van der Waals surface area (Å²) in [6.45, 7) is 12.0. The van der Waals surface area contributed by atoms with Crippen molar-refractivity contribution >= 4 is 74.1 Å². The Balaban J connectivity index is 0.000000226. The zero-order valence-electron chi connectivity index (χ0n) is 29.2. The van der Waals surface area contributed by atoms with Crippen LogP contribution in [0.25, 0.3) is 0 Å². The Morgan fingerprint density at radius 2 is 1.32 bits per heavy atom. The second kappa shape index (κ2) is 21.6. The first kappa shape index (κ1) is 40.8.